The summed E-state index contributed by atoms with van der Waals surface area (Å²) in [6.45, 7) is 0. The van der Waals surface area contributed by atoms with Gasteiger partial charge in [-0.3, -0.25) is 4.79 Å². The van der Waals surface area contributed by atoms with Crippen LogP contribution in [0.2, 0.25) is 0 Å². The molecule has 1 aromatic carbocycles. The van der Waals surface area contributed by atoms with Crippen LogP contribution in [0.3, 0.4) is 0 Å². The van der Waals surface area contributed by atoms with Crippen LogP contribution in [-0.2, 0) is 5.54 Å². The molecule has 92 valence electrons. The zero-order valence-corrected chi connectivity index (χ0v) is 10.2. The van der Waals surface area contributed by atoms with Gasteiger partial charge in [0.1, 0.15) is 0 Å². The van der Waals surface area contributed by atoms with Crippen LogP contribution in [0.25, 0.3) is 0 Å². The third-order valence-electron chi connectivity index (χ3n) is 3.46. The summed E-state index contributed by atoms with van der Waals surface area (Å²) < 4.78 is 10.4. The molecule has 0 aromatic heterocycles. The minimum absolute atomic E-state index is 0.379. The minimum atomic E-state index is -0.379. The second-order valence-corrected chi connectivity index (χ2v) is 4.42. The number of hydrogen-bond acceptors (Lipinski definition) is 4. The molecule has 1 fully saturated rings. The van der Waals surface area contributed by atoms with E-state index in [1.807, 2.05) is 6.07 Å². The molecule has 0 spiro atoms. The zero-order chi connectivity index (χ0) is 12.5. The first kappa shape index (κ1) is 11.9. The van der Waals surface area contributed by atoms with E-state index in [4.69, 9.17) is 15.2 Å². The van der Waals surface area contributed by atoms with Crippen molar-refractivity contribution in [2.75, 3.05) is 14.2 Å². The number of ether oxygens (including phenoxy) is 2. The Kier molecular flexibility index (Phi) is 3.07. The number of carbonyl (C=O) groups is 1. The zero-order valence-electron chi connectivity index (χ0n) is 10.2. The first-order chi connectivity index (χ1) is 8.14. The molecular weight excluding hydrogens is 218 g/mol. The van der Waals surface area contributed by atoms with E-state index < -0.39 is 0 Å². The normalized spacial score (nSPS) is 17.1. The van der Waals surface area contributed by atoms with Crippen LogP contribution in [0.1, 0.15) is 35.2 Å². The van der Waals surface area contributed by atoms with Gasteiger partial charge >= 0.3 is 0 Å². The van der Waals surface area contributed by atoms with Crippen molar-refractivity contribution in [1.29, 1.82) is 0 Å². The van der Waals surface area contributed by atoms with E-state index in [0.717, 1.165) is 31.1 Å². The van der Waals surface area contributed by atoms with Crippen molar-refractivity contribution in [3.63, 3.8) is 0 Å². The number of hydrogen-bond donors (Lipinski definition) is 1. The summed E-state index contributed by atoms with van der Waals surface area (Å²) in [4.78, 5) is 11.1. The van der Waals surface area contributed by atoms with Gasteiger partial charge < -0.3 is 15.2 Å². The van der Waals surface area contributed by atoms with Crippen LogP contribution >= 0.6 is 0 Å². The van der Waals surface area contributed by atoms with Gasteiger partial charge in [0.05, 0.1) is 14.2 Å². The highest BCUT2D eigenvalue weighted by atomic mass is 16.5. The quantitative estimate of drug-likeness (QED) is 0.809. The predicted molar refractivity (Wildman–Crippen MR) is 64.6 cm³/mol. The average Bonchev–Trinajstić information content (AvgIpc) is 2.34. The van der Waals surface area contributed by atoms with Crippen LogP contribution < -0.4 is 15.2 Å². The van der Waals surface area contributed by atoms with Gasteiger partial charge in [-0.05, 0) is 37.0 Å². The second-order valence-electron chi connectivity index (χ2n) is 4.42. The van der Waals surface area contributed by atoms with Crippen LogP contribution in [0.5, 0.6) is 11.5 Å². The van der Waals surface area contributed by atoms with E-state index in [0.29, 0.717) is 17.1 Å². The SMILES string of the molecule is COc1cc(C=O)c(C2(N)CCC2)cc1OC. The van der Waals surface area contributed by atoms with Crippen molar-refractivity contribution in [1.82, 2.24) is 0 Å². The predicted octanol–water partition coefficient (Wildman–Crippen LogP) is 1.85. The van der Waals surface area contributed by atoms with Gasteiger partial charge in [-0.15, -0.1) is 0 Å². The largest absolute Gasteiger partial charge is 0.493 e. The summed E-state index contributed by atoms with van der Waals surface area (Å²) in [5.41, 5.74) is 7.33. The standard InChI is InChI=1S/C13H17NO3/c1-16-11-6-9(8-15)10(7-12(11)17-2)13(14)4-3-5-13/h6-8H,3-5,14H2,1-2H3. The fraction of sp³-hybridized carbons (Fsp3) is 0.462. The lowest BCUT2D eigenvalue weighted by atomic mass is 9.71. The molecule has 2 N–H and O–H groups in total. The summed E-state index contributed by atoms with van der Waals surface area (Å²) in [6.07, 6.45) is 3.74. The lowest BCUT2D eigenvalue weighted by molar-refractivity contribution is 0.111. The number of benzene rings is 1. The number of methoxy groups -OCH3 is 2. The molecule has 2 rings (SSSR count). The first-order valence-electron chi connectivity index (χ1n) is 5.65. The molecule has 0 atom stereocenters. The summed E-state index contributed by atoms with van der Waals surface area (Å²) in [5, 5.41) is 0. The van der Waals surface area contributed by atoms with Gasteiger partial charge in [0.25, 0.3) is 0 Å². The van der Waals surface area contributed by atoms with Gasteiger partial charge in [0, 0.05) is 11.1 Å². The van der Waals surface area contributed by atoms with E-state index in [2.05, 4.69) is 0 Å². The fourth-order valence-corrected chi connectivity index (χ4v) is 2.25. The molecule has 1 aliphatic rings. The molecule has 1 saturated carbocycles. The van der Waals surface area contributed by atoms with Crippen LogP contribution in [-0.4, -0.2) is 20.5 Å². The fourth-order valence-electron chi connectivity index (χ4n) is 2.25. The lowest BCUT2D eigenvalue weighted by Gasteiger charge is -2.39. The Morgan fingerprint density at radius 1 is 1.24 bits per heavy atom. The Bertz CT molecular complexity index is 439. The third-order valence-corrected chi connectivity index (χ3v) is 3.46. The smallest absolute Gasteiger partial charge is 0.161 e. The van der Waals surface area contributed by atoms with Crippen molar-refractivity contribution in [2.24, 2.45) is 5.73 Å². The van der Waals surface area contributed by atoms with Crippen molar-refractivity contribution in [2.45, 2.75) is 24.8 Å². The Hall–Kier alpha value is -1.55. The summed E-state index contributed by atoms with van der Waals surface area (Å²) in [7, 11) is 3.12. The molecule has 0 bridgehead atoms. The minimum Gasteiger partial charge on any atom is -0.493 e. The summed E-state index contributed by atoms with van der Waals surface area (Å²) >= 11 is 0. The number of aldehydes is 1. The van der Waals surface area contributed by atoms with Crippen LogP contribution in [0.15, 0.2) is 12.1 Å². The van der Waals surface area contributed by atoms with E-state index in [-0.39, 0.29) is 5.54 Å². The highest BCUT2D eigenvalue weighted by Crippen LogP contribution is 2.43. The average molecular weight is 235 g/mol. The molecule has 1 aromatic rings. The van der Waals surface area contributed by atoms with Gasteiger partial charge in [-0.2, -0.15) is 0 Å². The monoisotopic (exact) mass is 235 g/mol. The summed E-state index contributed by atoms with van der Waals surface area (Å²) in [6, 6.07) is 3.51. The van der Waals surface area contributed by atoms with Crippen LogP contribution in [0, 0.1) is 0 Å². The number of rotatable bonds is 4. The molecule has 0 amide bonds. The maximum Gasteiger partial charge on any atom is 0.161 e. The first-order valence-corrected chi connectivity index (χ1v) is 5.65. The van der Waals surface area contributed by atoms with E-state index >= 15 is 0 Å². The van der Waals surface area contributed by atoms with Crippen molar-refractivity contribution >= 4 is 6.29 Å². The maximum atomic E-state index is 11.1. The van der Waals surface area contributed by atoms with E-state index in [9.17, 15) is 4.79 Å². The Morgan fingerprint density at radius 2 is 1.82 bits per heavy atom. The van der Waals surface area contributed by atoms with Crippen molar-refractivity contribution in [3.8, 4) is 11.5 Å². The topological polar surface area (TPSA) is 61.5 Å². The molecule has 4 nitrogen and oxygen atoms in total. The maximum absolute atomic E-state index is 11.1. The molecule has 0 aliphatic heterocycles. The van der Waals surface area contributed by atoms with Gasteiger partial charge in [-0.1, -0.05) is 0 Å². The Labute approximate surface area is 101 Å². The molecule has 4 heteroatoms. The van der Waals surface area contributed by atoms with Crippen molar-refractivity contribution < 1.29 is 14.3 Å². The molecule has 0 saturated heterocycles. The highest BCUT2D eigenvalue weighted by molar-refractivity contribution is 5.80. The van der Waals surface area contributed by atoms with Gasteiger partial charge in [-0.25, -0.2) is 0 Å². The van der Waals surface area contributed by atoms with Crippen molar-refractivity contribution in [3.05, 3.63) is 23.3 Å². The van der Waals surface area contributed by atoms with Gasteiger partial charge in [0.15, 0.2) is 17.8 Å². The van der Waals surface area contributed by atoms with E-state index in [1.165, 1.54) is 0 Å². The van der Waals surface area contributed by atoms with E-state index in [1.54, 1.807) is 20.3 Å². The molecular formula is C13H17NO3. The summed E-state index contributed by atoms with van der Waals surface area (Å²) in [5.74, 6) is 1.17. The lowest BCUT2D eigenvalue weighted by Crippen LogP contribution is -2.44. The molecule has 17 heavy (non-hydrogen) atoms. The number of nitrogens with two attached hydrogens (primary N) is 1. The van der Waals surface area contributed by atoms with Crippen LogP contribution in [0.4, 0.5) is 0 Å². The third kappa shape index (κ3) is 1.89. The van der Waals surface area contributed by atoms with Gasteiger partial charge in [0.2, 0.25) is 0 Å². The molecule has 1 aliphatic carbocycles. The molecule has 0 unspecified atom stereocenters. The highest BCUT2D eigenvalue weighted by Gasteiger charge is 2.36. The molecule has 0 radical (unpaired) electrons. The Balaban J connectivity index is 2.53. The molecule has 0 heterocycles. The number of carbonyl (C=O) groups excluding carboxylic acids is 1. The Morgan fingerprint density at radius 3 is 2.24 bits per heavy atom. The second kappa shape index (κ2) is 4.37.